The molecule has 0 aliphatic carbocycles. The third-order valence-corrected chi connectivity index (χ3v) is 6.12. The van der Waals surface area contributed by atoms with Crippen molar-refractivity contribution in [3.05, 3.63) is 29.8 Å². The van der Waals surface area contributed by atoms with Crippen molar-refractivity contribution in [1.82, 2.24) is 4.90 Å². The van der Waals surface area contributed by atoms with Crippen molar-refractivity contribution >= 4 is 16.2 Å². The number of nitrogens with zero attached hydrogens (tertiary/aromatic N) is 1. The summed E-state index contributed by atoms with van der Waals surface area (Å²) in [7, 11) is -3.75. The van der Waals surface area contributed by atoms with Gasteiger partial charge in [0.2, 0.25) is 0 Å². The highest BCUT2D eigenvalue weighted by atomic mass is 32.2. The maximum atomic E-state index is 12.2. The largest absolute Gasteiger partial charge is 0.465 e. The number of piperidine rings is 1. The molecule has 2 fully saturated rings. The van der Waals surface area contributed by atoms with Crippen LogP contribution >= 0.6 is 0 Å². The predicted molar refractivity (Wildman–Crippen MR) is 83.7 cm³/mol. The third kappa shape index (κ3) is 3.35. The van der Waals surface area contributed by atoms with Gasteiger partial charge in [0.25, 0.3) is 10.1 Å². The van der Waals surface area contributed by atoms with E-state index in [0.29, 0.717) is 12.8 Å². The minimum Gasteiger partial charge on any atom is -0.465 e. The molecule has 2 aliphatic rings. The zero-order chi connectivity index (χ0) is 16.6. The molecular formula is C16H21NO5S. The SMILES string of the molecule is Cc1ccc(S(=O)(=O)OCC2CC3CCC(C2)N3C(=O)O)cc1. The summed E-state index contributed by atoms with van der Waals surface area (Å²) < 4.78 is 29.6. The summed E-state index contributed by atoms with van der Waals surface area (Å²) in [5.41, 5.74) is 0.988. The molecule has 1 amide bonds. The van der Waals surface area contributed by atoms with Crippen molar-refractivity contribution in [2.75, 3.05) is 6.61 Å². The first kappa shape index (κ1) is 16.3. The molecule has 0 aromatic heterocycles. The Balaban J connectivity index is 1.61. The number of amides is 1. The number of rotatable bonds is 4. The van der Waals surface area contributed by atoms with E-state index in [9.17, 15) is 18.3 Å². The number of carbonyl (C=O) groups is 1. The summed E-state index contributed by atoms with van der Waals surface area (Å²) in [6.07, 6.45) is 2.19. The molecule has 2 atom stereocenters. The van der Waals surface area contributed by atoms with Crippen molar-refractivity contribution in [1.29, 1.82) is 0 Å². The van der Waals surface area contributed by atoms with Gasteiger partial charge in [0.1, 0.15) is 0 Å². The Morgan fingerprint density at radius 3 is 2.30 bits per heavy atom. The van der Waals surface area contributed by atoms with Crippen molar-refractivity contribution in [2.45, 2.75) is 49.6 Å². The standard InChI is InChI=1S/C16H21NO5S/c1-11-2-6-15(7-3-11)23(20,21)22-10-12-8-13-4-5-14(9-12)17(13)16(18)19/h2-3,6-7,12-14H,4-5,8-10H2,1H3,(H,18,19). The molecule has 6 nitrogen and oxygen atoms in total. The van der Waals surface area contributed by atoms with Gasteiger partial charge in [0, 0.05) is 12.1 Å². The van der Waals surface area contributed by atoms with E-state index in [0.717, 1.165) is 18.4 Å². The predicted octanol–water partition coefficient (Wildman–Crippen LogP) is 2.62. The van der Waals surface area contributed by atoms with Crippen LogP contribution in [0.2, 0.25) is 0 Å². The minimum atomic E-state index is -3.75. The molecule has 23 heavy (non-hydrogen) atoms. The lowest BCUT2D eigenvalue weighted by atomic mass is 9.92. The number of aryl methyl sites for hydroxylation is 1. The van der Waals surface area contributed by atoms with Gasteiger partial charge in [-0.1, -0.05) is 17.7 Å². The second kappa shape index (κ2) is 6.13. The fourth-order valence-corrected chi connectivity index (χ4v) is 4.67. The fraction of sp³-hybridized carbons (Fsp3) is 0.562. The van der Waals surface area contributed by atoms with Crippen LogP contribution in [-0.4, -0.2) is 43.2 Å². The Bertz CT molecular complexity index is 671. The van der Waals surface area contributed by atoms with E-state index >= 15 is 0 Å². The van der Waals surface area contributed by atoms with Crippen LogP contribution in [0.15, 0.2) is 29.2 Å². The van der Waals surface area contributed by atoms with E-state index < -0.39 is 16.2 Å². The van der Waals surface area contributed by atoms with Gasteiger partial charge in [-0.05, 0) is 50.7 Å². The van der Waals surface area contributed by atoms with E-state index in [1.54, 1.807) is 24.3 Å². The first-order valence-electron chi connectivity index (χ1n) is 7.84. The van der Waals surface area contributed by atoms with Crippen molar-refractivity contribution < 1.29 is 22.5 Å². The van der Waals surface area contributed by atoms with Crippen LogP contribution in [0.25, 0.3) is 0 Å². The van der Waals surface area contributed by atoms with E-state index in [1.165, 1.54) is 4.90 Å². The molecule has 3 rings (SSSR count). The Morgan fingerprint density at radius 1 is 1.22 bits per heavy atom. The van der Waals surface area contributed by atoms with Gasteiger partial charge in [-0.2, -0.15) is 8.42 Å². The van der Waals surface area contributed by atoms with Crippen LogP contribution in [0.1, 0.15) is 31.2 Å². The smallest absolute Gasteiger partial charge is 0.407 e. The van der Waals surface area contributed by atoms with Gasteiger partial charge in [-0.15, -0.1) is 0 Å². The third-order valence-electron chi connectivity index (χ3n) is 4.82. The molecule has 2 heterocycles. The van der Waals surface area contributed by atoms with E-state index in [4.69, 9.17) is 4.18 Å². The number of hydrogen-bond acceptors (Lipinski definition) is 4. The Labute approximate surface area is 136 Å². The summed E-state index contributed by atoms with van der Waals surface area (Å²) in [6, 6.07) is 6.57. The molecule has 7 heteroatoms. The second-order valence-electron chi connectivity index (χ2n) is 6.46. The van der Waals surface area contributed by atoms with Crippen LogP contribution in [-0.2, 0) is 14.3 Å². The van der Waals surface area contributed by atoms with Gasteiger partial charge in [0.05, 0.1) is 11.5 Å². The molecule has 2 unspecified atom stereocenters. The summed E-state index contributed by atoms with van der Waals surface area (Å²) in [5, 5.41) is 9.23. The molecule has 0 saturated carbocycles. The lowest BCUT2D eigenvalue weighted by Crippen LogP contribution is -2.46. The number of fused-ring (bicyclic) bond motifs is 2. The average Bonchev–Trinajstić information content (AvgIpc) is 2.77. The van der Waals surface area contributed by atoms with Crippen LogP contribution in [0.4, 0.5) is 4.79 Å². The molecule has 1 aromatic rings. The zero-order valence-electron chi connectivity index (χ0n) is 13.0. The molecule has 1 aromatic carbocycles. The summed E-state index contributed by atoms with van der Waals surface area (Å²) >= 11 is 0. The molecule has 0 spiro atoms. The maximum absolute atomic E-state index is 12.2. The molecule has 2 bridgehead atoms. The molecule has 126 valence electrons. The molecule has 2 aliphatic heterocycles. The van der Waals surface area contributed by atoms with Crippen LogP contribution in [0, 0.1) is 12.8 Å². The summed E-state index contributed by atoms with van der Waals surface area (Å²) in [5.74, 6) is 0.0864. The van der Waals surface area contributed by atoms with Crippen LogP contribution < -0.4 is 0 Å². The zero-order valence-corrected chi connectivity index (χ0v) is 13.8. The van der Waals surface area contributed by atoms with Crippen molar-refractivity contribution in [3.63, 3.8) is 0 Å². The van der Waals surface area contributed by atoms with Gasteiger partial charge in [-0.3, -0.25) is 4.18 Å². The van der Waals surface area contributed by atoms with Crippen LogP contribution in [0.3, 0.4) is 0 Å². The van der Waals surface area contributed by atoms with Crippen molar-refractivity contribution in [3.8, 4) is 0 Å². The van der Waals surface area contributed by atoms with Crippen LogP contribution in [0.5, 0.6) is 0 Å². The monoisotopic (exact) mass is 339 g/mol. The highest BCUT2D eigenvalue weighted by Crippen LogP contribution is 2.39. The highest BCUT2D eigenvalue weighted by molar-refractivity contribution is 7.86. The Kier molecular flexibility index (Phi) is 4.33. The minimum absolute atomic E-state index is 0.00179. The fourth-order valence-electron chi connectivity index (χ4n) is 3.70. The molecule has 2 saturated heterocycles. The Morgan fingerprint density at radius 2 is 1.78 bits per heavy atom. The summed E-state index contributed by atoms with van der Waals surface area (Å²) in [4.78, 5) is 12.9. The van der Waals surface area contributed by atoms with Gasteiger partial charge < -0.3 is 10.0 Å². The number of hydrogen-bond donors (Lipinski definition) is 1. The van der Waals surface area contributed by atoms with Gasteiger partial charge >= 0.3 is 6.09 Å². The van der Waals surface area contributed by atoms with Gasteiger partial charge in [0.15, 0.2) is 0 Å². The van der Waals surface area contributed by atoms with Gasteiger partial charge in [-0.25, -0.2) is 4.79 Å². The number of carboxylic acid groups (broad SMARTS) is 1. The molecule has 1 N–H and O–H groups in total. The normalized spacial score (nSPS) is 27.2. The van der Waals surface area contributed by atoms with Crippen molar-refractivity contribution in [2.24, 2.45) is 5.92 Å². The first-order valence-corrected chi connectivity index (χ1v) is 9.25. The summed E-state index contributed by atoms with van der Waals surface area (Å²) in [6.45, 7) is 2.01. The Hall–Kier alpha value is -1.60. The topological polar surface area (TPSA) is 83.9 Å². The number of benzene rings is 1. The lowest BCUT2D eigenvalue weighted by Gasteiger charge is -2.36. The molecular weight excluding hydrogens is 318 g/mol. The average molecular weight is 339 g/mol. The maximum Gasteiger partial charge on any atom is 0.407 e. The highest BCUT2D eigenvalue weighted by Gasteiger charge is 2.43. The van der Waals surface area contributed by atoms with E-state index in [-0.39, 0.29) is 29.5 Å². The second-order valence-corrected chi connectivity index (χ2v) is 8.08. The quantitative estimate of drug-likeness (QED) is 0.853. The lowest BCUT2D eigenvalue weighted by molar-refractivity contribution is 0.0721. The van der Waals surface area contributed by atoms with E-state index in [2.05, 4.69) is 0 Å². The molecule has 0 radical (unpaired) electrons. The first-order chi connectivity index (χ1) is 10.9. The van der Waals surface area contributed by atoms with E-state index in [1.807, 2.05) is 6.92 Å².